The van der Waals surface area contributed by atoms with Crippen LogP contribution in [0.4, 0.5) is 34.1 Å². The van der Waals surface area contributed by atoms with Crippen molar-refractivity contribution >= 4 is 46.1 Å². The highest BCUT2D eigenvalue weighted by molar-refractivity contribution is 6.02. The fourth-order valence-electron chi connectivity index (χ4n) is 3.69. The van der Waals surface area contributed by atoms with Gasteiger partial charge >= 0.3 is 11.9 Å². The zero-order chi connectivity index (χ0) is 23.7. The predicted molar refractivity (Wildman–Crippen MR) is 125 cm³/mol. The molecule has 0 unspecified atom stereocenters. The maximum absolute atomic E-state index is 12.8. The van der Waals surface area contributed by atoms with Gasteiger partial charge in [0, 0.05) is 18.2 Å². The van der Waals surface area contributed by atoms with Crippen molar-refractivity contribution in [1.29, 1.82) is 0 Å². The Morgan fingerprint density at radius 3 is 1.97 bits per heavy atom. The normalized spacial score (nSPS) is 18.2. The van der Waals surface area contributed by atoms with E-state index in [2.05, 4.69) is 0 Å². The summed E-state index contributed by atoms with van der Waals surface area (Å²) in [6, 6.07) is 2.72. The van der Waals surface area contributed by atoms with Crippen molar-refractivity contribution in [2.24, 2.45) is 11.7 Å². The van der Waals surface area contributed by atoms with E-state index in [1.807, 2.05) is 0 Å². The van der Waals surface area contributed by atoms with Gasteiger partial charge in [-0.1, -0.05) is 0 Å². The molecule has 172 valence electrons. The van der Waals surface area contributed by atoms with Gasteiger partial charge in [-0.25, -0.2) is 4.79 Å². The second-order valence-corrected chi connectivity index (χ2v) is 8.00. The van der Waals surface area contributed by atoms with E-state index in [4.69, 9.17) is 49.6 Å². The first kappa shape index (κ1) is 22.8. The third-order valence-corrected chi connectivity index (χ3v) is 5.79. The third-order valence-electron chi connectivity index (χ3n) is 5.79. The molecule has 11 heteroatoms. The second kappa shape index (κ2) is 8.71. The number of anilines is 6. The number of rotatable bonds is 4. The molecule has 0 heterocycles. The van der Waals surface area contributed by atoms with Crippen LogP contribution in [-0.4, -0.2) is 18.0 Å². The molecular weight excluding hydrogens is 414 g/mol. The van der Waals surface area contributed by atoms with Crippen LogP contribution in [-0.2, 0) is 4.79 Å². The lowest BCUT2D eigenvalue weighted by Crippen LogP contribution is -2.31. The van der Waals surface area contributed by atoms with E-state index < -0.39 is 11.9 Å². The van der Waals surface area contributed by atoms with Crippen molar-refractivity contribution in [3.8, 4) is 11.5 Å². The second-order valence-electron chi connectivity index (χ2n) is 8.00. The Kier molecular flexibility index (Phi) is 6.21. The average Bonchev–Trinajstić information content (AvgIpc) is 2.74. The molecule has 14 N–H and O–H groups in total. The molecule has 0 saturated heterocycles. The van der Waals surface area contributed by atoms with Gasteiger partial charge in [0.05, 0.1) is 39.9 Å². The van der Waals surface area contributed by atoms with E-state index in [9.17, 15) is 9.59 Å². The highest BCUT2D eigenvalue weighted by Gasteiger charge is 2.28. The van der Waals surface area contributed by atoms with Crippen LogP contribution < -0.4 is 49.6 Å². The molecule has 1 saturated carbocycles. The molecule has 11 nitrogen and oxygen atoms in total. The minimum atomic E-state index is -0.832. The van der Waals surface area contributed by atoms with Crippen LogP contribution in [0.2, 0.25) is 0 Å². The Morgan fingerprint density at radius 2 is 1.34 bits per heavy atom. The van der Waals surface area contributed by atoms with Crippen LogP contribution >= 0.6 is 0 Å². The molecule has 0 aliphatic heterocycles. The minimum absolute atomic E-state index is 0.000642. The summed E-state index contributed by atoms with van der Waals surface area (Å²) >= 11 is 0. The van der Waals surface area contributed by atoms with E-state index in [-0.39, 0.29) is 63.1 Å². The van der Waals surface area contributed by atoms with Crippen molar-refractivity contribution in [1.82, 2.24) is 0 Å². The Morgan fingerprint density at radius 1 is 0.781 bits per heavy atom. The number of ether oxygens (including phenoxy) is 2. The summed E-state index contributed by atoms with van der Waals surface area (Å²) < 4.78 is 10.9. The quantitative estimate of drug-likeness (QED) is 0.201. The van der Waals surface area contributed by atoms with Gasteiger partial charge in [0.25, 0.3) is 0 Å². The molecule has 2 aromatic carbocycles. The molecule has 0 radical (unpaired) electrons. The Bertz CT molecular complexity index is 1080. The minimum Gasteiger partial charge on any atom is -0.424 e. The summed E-state index contributed by atoms with van der Waals surface area (Å²) in [7, 11) is 0. The highest BCUT2D eigenvalue weighted by Crippen LogP contribution is 2.39. The van der Waals surface area contributed by atoms with Gasteiger partial charge in [-0.15, -0.1) is 0 Å². The lowest BCUT2D eigenvalue weighted by molar-refractivity contribution is -0.140. The fraction of sp³-hybridized carbons (Fsp3) is 0.333. The molecule has 32 heavy (non-hydrogen) atoms. The van der Waals surface area contributed by atoms with Gasteiger partial charge in [0.15, 0.2) is 11.5 Å². The van der Waals surface area contributed by atoms with Crippen molar-refractivity contribution in [2.75, 3.05) is 34.4 Å². The predicted octanol–water partition coefficient (Wildman–Crippen LogP) is 1.13. The average molecular weight is 444 g/mol. The SMILES string of the molecule is Cc1c(N)c(OC(=O)C2CCC(N)CC2)cc(N)c1C(=O)Oc1cc(N)c(N)c(N)c1N. The highest BCUT2D eigenvalue weighted by atomic mass is 16.5. The number of esters is 2. The number of nitrogens with two attached hydrogens (primary N) is 7. The van der Waals surface area contributed by atoms with E-state index in [0.717, 1.165) is 12.8 Å². The number of benzene rings is 2. The third kappa shape index (κ3) is 4.28. The van der Waals surface area contributed by atoms with Crippen LogP contribution in [0, 0.1) is 12.8 Å². The summed E-state index contributed by atoms with van der Waals surface area (Å²) in [4.78, 5) is 25.4. The summed E-state index contributed by atoms with van der Waals surface area (Å²) in [6.45, 7) is 1.56. The number of nitrogen functional groups attached to an aromatic ring is 6. The van der Waals surface area contributed by atoms with E-state index in [1.54, 1.807) is 6.92 Å². The zero-order valence-electron chi connectivity index (χ0n) is 17.8. The topological polar surface area (TPSA) is 235 Å². The Labute approximate surface area is 185 Å². The van der Waals surface area contributed by atoms with Gasteiger partial charge in [-0.2, -0.15) is 0 Å². The fourth-order valence-corrected chi connectivity index (χ4v) is 3.69. The maximum Gasteiger partial charge on any atom is 0.346 e. The molecule has 3 rings (SSSR count). The van der Waals surface area contributed by atoms with Crippen LogP contribution in [0.1, 0.15) is 41.6 Å². The molecule has 0 aromatic heterocycles. The molecular formula is C21H29N7O4. The largest absolute Gasteiger partial charge is 0.424 e. The van der Waals surface area contributed by atoms with Crippen molar-refractivity contribution < 1.29 is 19.1 Å². The van der Waals surface area contributed by atoms with Crippen LogP contribution in [0.3, 0.4) is 0 Å². The van der Waals surface area contributed by atoms with Crippen LogP contribution in [0.25, 0.3) is 0 Å². The lowest BCUT2D eigenvalue weighted by Gasteiger charge is -2.25. The summed E-state index contributed by atoms with van der Waals surface area (Å²) in [5.74, 6) is -1.48. The van der Waals surface area contributed by atoms with E-state index in [0.29, 0.717) is 18.4 Å². The van der Waals surface area contributed by atoms with Gasteiger partial charge in [-0.3, -0.25) is 4.79 Å². The van der Waals surface area contributed by atoms with Crippen molar-refractivity contribution in [3.05, 3.63) is 23.3 Å². The molecule has 2 aromatic rings. The van der Waals surface area contributed by atoms with Gasteiger partial charge in [0.1, 0.15) is 5.69 Å². The first-order valence-corrected chi connectivity index (χ1v) is 10.1. The van der Waals surface area contributed by atoms with Crippen LogP contribution in [0.15, 0.2) is 12.1 Å². The zero-order valence-corrected chi connectivity index (χ0v) is 17.8. The van der Waals surface area contributed by atoms with Gasteiger partial charge in [-0.05, 0) is 38.2 Å². The summed E-state index contributed by atoms with van der Waals surface area (Å²) in [5.41, 5.74) is 41.8. The number of hydrogen-bond donors (Lipinski definition) is 7. The summed E-state index contributed by atoms with van der Waals surface area (Å²) in [6.07, 6.45) is 2.80. The molecule has 0 spiro atoms. The van der Waals surface area contributed by atoms with Gasteiger partial charge in [0.2, 0.25) is 0 Å². The van der Waals surface area contributed by atoms with Gasteiger partial charge < -0.3 is 49.6 Å². The molecule has 0 atom stereocenters. The monoisotopic (exact) mass is 443 g/mol. The number of carbonyl (C=O) groups is 2. The standard InChI is InChI=1S/C21H29N7O4/c1-8-15(21(30)32-14-7-12(24)17(26)19(28)18(14)27)11(23)6-13(16(8)25)31-20(29)9-2-4-10(22)5-3-9/h6-7,9-10H,2-5,22-28H2,1H3. The molecule has 0 bridgehead atoms. The molecule has 1 aliphatic rings. The molecule has 1 fully saturated rings. The van der Waals surface area contributed by atoms with Crippen LogP contribution in [0.5, 0.6) is 11.5 Å². The maximum atomic E-state index is 12.8. The number of carbonyl (C=O) groups excluding carboxylic acids is 2. The van der Waals surface area contributed by atoms with Crippen molar-refractivity contribution in [3.63, 3.8) is 0 Å². The molecule has 1 aliphatic carbocycles. The first-order valence-electron chi connectivity index (χ1n) is 10.1. The van der Waals surface area contributed by atoms with E-state index >= 15 is 0 Å². The van der Waals surface area contributed by atoms with E-state index in [1.165, 1.54) is 12.1 Å². The molecule has 0 amide bonds. The van der Waals surface area contributed by atoms with Crippen molar-refractivity contribution in [2.45, 2.75) is 38.6 Å². The number of hydrogen-bond acceptors (Lipinski definition) is 11. The lowest BCUT2D eigenvalue weighted by atomic mass is 9.86. The first-order chi connectivity index (χ1) is 15.0. The smallest absolute Gasteiger partial charge is 0.346 e. The Balaban J connectivity index is 1.84. The summed E-state index contributed by atoms with van der Waals surface area (Å²) in [5, 5.41) is 0. The Hall–Kier alpha value is -3.86.